The molecule has 0 N–H and O–H groups in total. The molecule has 0 saturated carbocycles. The molecule has 0 amide bonds. The van der Waals surface area contributed by atoms with Crippen LogP contribution in [0.4, 0.5) is 0 Å². The summed E-state index contributed by atoms with van der Waals surface area (Å²) in [6.45, 7) is 6.68. The van der Waals surface area contributed by atoms with E-state index in [0.717, 1.165) is 25.0 Å². The summed E-state index contributed by atoms with van der Waals surface area (Å²) in [4.78, 5) is 0. The molecular weight excluding hydrogens is 376 g/mol. The van der Waals surface area contributed by atoms with Gasteiger partial charge in [0.15, 0.2) is 0 Å². The molecule has 160 valence electrons. The molecule has 3 aromatic rings. The van der Waals surface area contributed by atoms with E-state index in [1.54, 1.807) is 0 Å². The van der Waals surface area contributed by atoms with Gasteiger partial charge in [0.2, 0.25) is 0 Å². The summed E-state index contributed by atoms with van der Waals surface area (Å²) in [6, 6.07) is 24.9. The number of hydrogen-bond acceptors (Lipinski definition) is 1. The van der Waals surface area contributed by atoms with Crippen LogP contribution < -0.4 is 4.74 Å². The standard InChI is InChI=1S/C30H34O/c1-3-5-7-23-8-10-24(11-9-23)26-12-14-29-22-27(13-15-28(29)21-26)25-16-18-30(19-17-25)31-20-6-4-2/h4,8-11,13,15-19,22,26H,2-3,5-7,12,14,20-21H2,1H3. The quantitative estimate of drug-likeness (QED) is 0.257. The summed E-state index contributed by atoms with van der Waals surface area (Å²) in [7, 11) is 0. The largest absolute Gasteiger partial charge is 0.493 e. The molecule has 1 unspecified atom stereocenters. The highest BCUT2D eigenvalue weighted by molar-refractivity contribution is 5.66. The first-order valence-corrected chi connectivity index (χ1v) is 11.8. The number of rotatable bonds is 9. The van der Waals surface area contributed by atoms with Gasteiger partial charge in [0.05, 0.1) is 6.61 Å². The molecule has 1 heteroatoms. The van der Waals surface area contributed by atoms with Crippen LogP contribution in [0.3, 0.4) is 0 Å². The molecule has 3 aromatic carbocycles. The van der Waals surface area contributed by atoms with Gasteiger partial charge in [0.1, 0.15) is 5.75 Å². The fraction of sp³-hybridized carbons (Fsp3) is 0.333. The number of unbranched alkanes of at least 4 members (excludes halogenated alkanes) is 1. The van der Waals surface area contributed by atoms with Crippen molar-refractivity contribution in [3.8, 4) is 16.9 Å². The number of aryl methyl sites for hydroxylation is 2. The van der Waals surface area contributed by atoms with Crippen LogP contribution in [0.15, 0.2) is 79.4 Å². The average molecular weight is 411 g/mol. The highest BCUT2D eigenvalue weighted by Gasteiger charge is 2.20. The van der Waals surface area contributed by atoms with Gasteiger partial charge in [-0.3, -0.25) is 0 Å². The highest BCUT2D eigenvalue weighted by Crippen LogP contribution is 2.35. The summed E-state index contributed by atoms with van der Waals surface area (Å²) < 4.78 is 5.74. The van der Waals surface area contributed by atoms with E-state index in [-0.39, 0.29) is 0 Å². The highest BCUT2D eigenvalue weighted by atomic mass is 16.5. The lowest BCUT2D eigenvalue weighted by atomic mass is 9.79. The Bertz CT molecular complexity index is 982. The normalized spacial score (nSPS) is 15.3. The predicted molar refractivity (Wildman–Crippen MR) is 132 cm³/mol. The van der Waals surface area contributed by atoms with Gasteiger partial charge >= 0.3 is 0 Å². The van der Waals surface area contributed by atoms with Crippen molar-refractivity contribution < 1.29 is 4.74 Å². The summed E-state index contributed by atoms with van der Waals surface area (Å²) >= 11 is 0. The smallest absolute Gasteiger partial charge is 0.119 e. The van der Waals surface area contributed by atoms with Crippen molar-refractivity contribution in [3.05, 3.63) is 102 Å². The van der Waals surface area contributed by atoms with Gasteiger partial charge < -0.3 is 4.74 Å². The fourth-order valence-corrected chi connectivity index (χ4v) is 4.56. The maximum absolute atomic E-state index is 5.74. The van der Waals surface area contributed by atoms with E-state index in [9.17, 15) is 0 Å². The molecule has 31 heavy (non-hydrogen) atoms. The van der Waals surface area contributed by atoms with E-state index in [1.165, 1.54) is 59.1 Å². The van der Waals surface area contributed by atoms with Crippen molar-refractivity contribution in [1.29, 1.82) is 0 Å². The second-order valence-electron chi connectivity index (χ2n) is 8.72. The monoisotopic (exact) mass is 410 g/mol. The van der Waals surface area contributed by atoms with Crippen LogP contribution >= 0.6 is 0 Å². The molecule has 0 bridgehead atoms. The zero-order valence-corrected chi connectivity index (χ0v) is 18.8. The van der Waals surface area contributed by atoms with Gasteiger partial charge in [-0.2, -0.15) is 0 Å². The average Bonchev–Trinajstić information content (AvgIpc) is 2.83. The summed E-state index contributed by atoms with van der Waals surface area (Å²) in [5.41, 5.74) is 8.56. The minimum absolute atomic E-state index is 0.644. The first-order chi connectivity index (χ1) is 15.3. The van der Waals surface area contributed by atoms with Gasteiger partial charge in [-0.1, -0.05) is 74.0 Å². The number of hydrogen-bond donors (Lipinski definition) is 0. The maximum Gasteiger partial charge on any atom is 0.119 e. The SMILES string of the molecule is C=CCCOc1ccc(-c2ccc3c(c2)CCC(c2ccc(CCCC)cc2)C3)cc1. The molecular formula is C30H34O. The van der Waals surface area contributed by atoms with Crippen LogP contribution in [-0.4, -0.2) is 6.61 Å². The van der Waals surface area contributed by atoms with Crippen molar-refractivity contribution in [1.82, 2.24) is 0 Å². The first-order valence-electron chi connectivity index (χ1n) is 11.8. The zero-order valence-electron chi connectivity index (χ0n) is 18.8. The Labute approximate surface area is 187 Å². The third-order valence-electron chi connectivity index (χ3n) is 6.48. The van der Waals surface area contributed by atoms with E-state index >= 15 is 0 Å². The molecule has 1 aliphatic carbocycles. The van der Waals surface area contributed by atoms with Crippen LogP contribution in [-0.2, 0) is 19.3 Å². The Kier molecular flexibility index (Phi) is 7.25. The number of benzene rings is 3. The summed E-state index contributed by atoms with van der Waals surface area (Å²) in [5.74, 6) is 1.57. The van der Waals surface area contributed by atoms with Crippen molar-refractivity contribution in [2.45, 2.75) is 57.8 Å². The molecule has 0 heterocycles. The van der Waals surface area contributed by atoms with E-state index in [4.69, 9.17) is 4.74 Å². The Balaban J connectivity index is 1.42. The second-order valence-corrected chi connectivity index (χ2v) is 8.72. The minimum atomic E-state index is 0.644. The van der Waals surface area contributed by atoms with Crippen molar-refractivity contribution in [2.75, 3.05) is 6.61 Å². The van der Waals surface area contributed by atoms with Crippen molar-refractivity contribution >= 4 is 0 Å². The van der Waals surface area contributed by atoms with Crippen LogP contribution in [0.25, 0.3) is 11.1 Å². The molecule has 0 radical (unpaired) electrons. The number of fused-ring (bicyclic) bond motifs is 1. The van der Waals surface area contributed by atoms with Crippen LogP contribution in [0, 0.1) is 0 Å². The summed E-state index contributed by atoms with van der Waals surface area (Å²) in [6.07, 6.45) is 10.1. The van der Waals surface area contributed by atoms with E-state index in [1.807, 2.05) is 6.08 Å². The van der Waals surface area contributed by atoms with Gasteiger partial charge in [-0.05, 0) is 90.0 Å². The lowest BCUT2D eigenvalue weighted by molar-refractivity contribution is 0.325. The number of ether oxygens (including phenoxy) is 1. The van der Waals surface area contributed by atoms with Crippen LogP contribution in [0.5, 0.6) is 5.75 Å². The predicted octanol–water partition coefficient (Wildman–Crippen LogP) is 7.92. The maximum atomic E-state index is 5.74. The van der Waals surface area contributed by atoms with E-state index < -0.39 is 0 Å². The molecule has 0 saturated heterocycles. The lowest BCUT2D eigenvalue weighted by Gasteiger charge is -2.26. The summed E-state index contributed by atoms with van der Waals surface area (Å²) in [5, 5.41) is 0. The van der Waals surface area contributed by atoms with E-state index in [0.29, 0.717) is 12.5 Å². The molecule has 0 spiro atoms. The Morgan fingerprint density at radius 1 is 0.935 bits per heavy atom. The molecule has 0 aromatic heterocycles. The van der Waals surface area contributed by atoms with Crippen molar-refractivity contribution in [3.63, 3.8) is 0 Å². The molecule has 1 atom stereocenters. The molecule has 4 rings (SSSR count). The molecule has 0 fully saturated rings. The second kappa shape index (κ2) is 10.5. The minimum Gasteiger partial charge on any atom is -0.493 e. The van der Waals surface area contributed by atoms with Gasteiger partial charge in [0, 0.05) is 0 Å². The third kappa shape index (κ3) is 5.47. The molecule has 1 aliphatic rings. The third-order valence-corrected chi connectivity index (χ3v) is 6.48. The first kappa shape index (κ1) is 21.4. The Morgan fingerprint density at radius 3 is 2.45 bits per heavy atom. The van der Waals surface area contributed by atoms with E-state index in [2.05, 4.69) is 80.2 Å². The molecule has 1 nitrogen and oxygen atoms in total. The fourth-order valence-electron chi connectivity index (χ4n) is 4.56. The Morgan fingerprint density at radius 2 is 1.71 bits per heavy atom. The van der Waals surface area contributed by atoms with Gasteiger partial charge in [-0.15, -0.1) is 6.58 Å². The topological polar surface area (TPSA) is 9.23 Å². The lowest BCUT2D eigenvalue weighted by Crippen LogP contribution is -2.13. The van der Waals surface area contributed by atoms with Crippen LogP contribution in [0.1, 0.15) is 60.8 Å². The van der Waals surface area contributed by atoms with Gasteiger partial charge in [-0.25, -0.2) is 0 Å². The Hall–Kier alpha value is -2.80. The van der Waals surface area contributed by atoms with Gasteiger partial charge in [0.25, 0.3) is 0 Å². The molecule has 0 aliphatic heterocycles. The van der Waals surface area contributed by atoms with Crippen LogP contribution in [0.2, 0.25) is 0 Å². The zero-order chi connectivity index (χ0) is 21.5. The van der Waals surface area contributed by atoms with Crippen molar-refractivity contribution in [2.24, 2.45) is 0 Å².